The lowest BCUT2D eigenvalue weighted by atomic mass is 9.92. The molecular weight excluding hydrogens is 198 g/mol. The minimum absolute atomic E-state index is 0.355. The number of hydrogen-bond donors (Lipinski definition) is 1. The van der Waals surface area contributed by atoms with Gasteiger partial charge < -0.3 is 10.1 Å². The van der Waals surface area contributed by atoms with Gasteiger partial charge in [-0.05, 0) is 27.0 Å². The van der Waals surface area contributed by atoms with Crippen LogP contribution in [-0.4, -0.2) is 19.7 Å². The number of likely N-dealkylation sites (N-methyl/N-ethyl adjacent to an activating group) is 1. The fourth-order valence-corrected chi connectivity index (χ4v) is 2.24. The monoisotopic (exact) mass is 217 g/mol. The molecular formula is C14H19NO. The SMILES string of the molecule is CNC(C=C(C)C)C1COc2ccccc21. The van der Waals surface area contributed by atoms with Gasteiger partial charge in [0.15, 0.2) is 0 Å². The van der Waals surface area contributed by atoms with Crippen molar-refractivity contribution >= 4 is 0 Å². The van der Waals surface area contributed by atoms with Crippen LogP contribution >= 0.6 is 0 Å². The zero-order chi connectivity index (χ0) is 11.5. The third-order valence-electron chi connectivity index (χ3n) is 3.02. The summed E-state index contributed by atoms with van der Waals surface area (Å²) in [4.78, 5) is 0. The Hall–Kier alpha value is -1.28. The summed E-state index contributed by atoms with van der Waals surface area (Å²) in [5.41, 5.74) is 2.66. The van der Waals surface area contributed by atoms with E-state index in [9.17, 15) is 0 Å². The Morgan fingerprint density at radius 2 is 2.19 bits per heavy atom. The van der Waals surface area contributed by atoms with E-state index in [-0.39, 0.29) is 0 Å². The van der Waals surface area contributed by atoms with Gasteiger partial charge in [0.2, 0.25) is 0 Å². The van der Waals surface area contributed by atoms with Crippen molar-refractivity contribution in [3.05, 3.63) is 41.5 Å². The Kier molecular flexibility index (Phi) is 3.30. The Balaban J connectivity index is 2.26. The van der Waals surface area contributed by atoms with E-state index in [1.54, 1.807) is 0 Å². The van der Waals surface area contributed by atoms with Crippen molar-refractivity contribution in [3.63, 3.8) is 0 Å². The van der Waals surface area contributed by atoms with Gasteiger partial charge in [0.1, 0.15) is 5.75 Å². The second kappa shape index (κ2) is 4.71. The first-order valence-electron chi connectivity index (χ1n) is 5.76. The number of ether oxygens (including phenoxy) is 1. The Morgan fingerprint density at radius 3 is 2.88 bits per heavy atom. The average Bonchev–Trinajstić information content (AvgIpc) is 2.69. The maximum Gasteiger partial charge on any atom is 0.122 e. The molecule has 2 unspecified atom stereocenters. The van der Waals surface area contributed by atoms with Crippen molar-refractivity contribution in [2.75, 3.05) is 13.7 Å². The summed E-state index contributed by atoms with van der Waals surface area (Å²) in [6.07, 6.45) is 2.27. The predicted molar refractivity (Wildman–Crippen MR) is 67.0 cm³/mol. The highest BCUT2D eigenvalue weighted by Crippen LogP contribution is 2.35. The molecule has 1 aliphatic rings. The molecule has 2 heteroatoms. The van der Waals surface area contributed by atoms with Crippen LogP contribution < -0.4 is 10.1 Å². The fraction of sp³-hybridized carbons (Fsp3) is 0.429. The molecule has 0 amide bonds. The number of allylic oxidation sites excluding steroid dienone is 1. The lowest BCUT2D eigenvalue weighted by Crippen LogP contribution is -2.31. The summed E-state index contributed by atoms with van der Waals surface area (Å²) >= 11 is 0. The Bertz CT molecular complexity index is 393. The van der Waals surface area contributed by atoms with Crippen molar-refractivity contribution in [3.8, 4) is 5.75 Å². The zero-order valence-electron chi connectivity index (χ0n) is 10.2. The van der Waals surface area contributed by atoms with Gasteiger partial charge in [-0.1, -0.05) is 29.8 Å². The minimum atomic E-state index is 0.355. The van der Waals surface area contributed by atoms with E-state index in [0.717, 1.165) is 12.4 Å². The van der Waals surface area contributed by atoms with Crippen LogP contribution in [0.15, 0.2) is 35.9 Å². The van der Waals surface area contributed by atoms with Crippen molar-refractivity contribution in [1.29, 1.82) is 0 Å². The molecule has 1 aromatic carbocycles. The van der Waals surface area contributed by atoms with E-state index in [4.69, 9.17) is 4.74 Å². The lowest BCUT2D eigenvalue weighted by molar-refractivity contribution is 0.315. The number of fused-ring (bicyclic) bond motifs is 1. The van der Waals surface area contributed by atoms with Crippen LogP contribution in [0.4, 0.5) is 0 Å². The molecule has 0 saturated carbocycles. The largest absolute Gasteiger partial charge is 0.493 e. The van der Waals surface area contributed by atoms with E-state index in [1.807, 2.05) is 19.2 Å². The first-order valence-corrected chi connectivity index (χ1v) is 5.76. The number of nitrogens with one attached hydrogen (secondary N) is 1. The molecule has 2 nitrogen and oxygen atoms in total. The van der Waals surface area contributed by atoms with Gasteiger partial charge in [0, 0.05) is 17.5 Å². The number of hydrogen-bond acceptors (Lipinski definition) is 2. The third kappa shape index (κ3) is 2.12. The maximum atomic E-state index is 5.71. The molecule has 86 valence electrons. The van der Waals surface area contributed by atoms with Gasteiger partial charge in [-0.2, -0.15) is 0 Å². The van der Waals surface area contributed by atoms with Crippen LogP contribution in [0.3, 0.4) is 0 Å². The predicted octanol–water partition coefficient (Wildman–Crippen LogP) is 2.72. The highest BCUT2D eigenvalue weighted by atomic mass is 16.5. The summed E-state index contributed by atoms with van der Waals surface area (Å²) in [6.45, 7) is 5.03. The molecule has 2 rings (SSSR count). The van der Waals surface area contributed by atoms with Gasteiger partial charge in [0.05, 0.1) is 6.61 Å². The average molecular weight is 217 g/mol. The quantitative estimate of drug-likeness (QED) is 0.786. The highest BCUT2D eigenvalue weighted by Gasteiger charge is 2.28. The third-order valence-corrected chi connectivity index (χ3v) is 3.02. The first kappa shape index (κ1) is 11.2. The summed E-state index contributed by atoms with van der Waals surface area (Å²) < 4.78 is 5.71. The molecule has 1 heterocycles. The number of rotatable bonds is 3. The van der Waals surface area contributed by atoms with Gasteiger partial charge in [0.25, 0.3) is 0 Å². The van der Waals surface area contributed by atoms with Crippen LogP contribution in [0.5, 0.6) is 5.75 Å². The van der Waals surface area contributed by atoms with Gasteiger partial charge in [-0.3, -0.25) is 0 Å². The van der Waals surface area contributed by atoms with Crippen molar-refractivity contribution < 1.29 is 4.74 Å². The molecule has 0 spiro atoms. The second-order valence-corrected chi connectivity index (χ2v) is 4.51. The summed E-state index contributed by atoms with van der Waals surface area (Å²) in [5, 5.41) is 3.36. The number of benzene rings is 1. The van der Waals surface area contributed by atoms with Crippen molar-refractivity contribution in [1.82, 2.24) is 5.32 Å². The topological polar surface area (TPSA) is 21.3 Å². The fourth-order valence-electron chi connectivity index (χ4n) is 2.24. The molecule has 2 atom stereocenters. The molecule has 0 fully saturated rings. The molecule has 16 heavy (non-hydrogen) atoms. The summed E-state index contributed by atoms with van der Waals surface area (Å²) in [7, 11) is 2.00. The van der Waals surface area contributed by atoms with E-state index in [2.05, 4.69) is 37.4 Å². The maximum absolute atomic E-state index is 5.71. The first-order chi connectivity index (χ1) is 7.72. The molecule has 1 aromatic rings. The molecule has 0 radical (unpaired) electrons. The van der Waals surface area contributed by atoms with Crippen molar-refractivity contribution in [2.24, 2.45) is 0 Å². The van der Waals surface area contributed by atoms with Gasteiger partial charge >= 0.3 is 0 Å². The molecule has 1 N–H and O–H groups in total. The molecule has 0 aliphatic carbocycles. The van der Waals surface area contributed by atoms with Crippen LogP contribution in [0, 0.1) is 0 Å². The zero-order valence-corrected chi connectivity index (χ0v) is 10.2. The van der Waals surface area contributed by atoms with Gasteiger partial charge in [-0.25, -0.2) is 0 Å². The minimum Gasteiger partial charge on any atom is -0.493 e. The highest BCUT2D eigenvalue weighted by molar-refractivity contribution is 5.41. The Labute approximate surface area is 97.3 Å². The second-order valence-electron chi connectivity index (χ2n) is 4.51. The number of para-hydroxylation sites is 1. The Morgan fingerprint density at radius 1 is 1.44 bits per heavy atom. The molecule has 0 saturated heterocycles. The molecule has 0 aromatic heterocycles. The van der Waals surface area contributed by atoms with E-state index >= 15 is 0 Å². The molecule has 1 aliphatic heterocycles. The van der Waals surface area contributed by atoms with Crippen molar-refractivity contribution in [2.45, 2.75) is 25.8 Å². The molecule has 0 bridgehead atoms. The van der Waals surface area contributed by atoms with E-state index in [1.165, 1.54) is 11.1 Å². The lowest BCUT2D eigenvalue weighted by Gasteiger charge is -2.19. The normalized spacial score (nSPS) is 19.8. The summed E-state index contributed by atoms with van der Waals surface area (Å²) in [6, 6.07) is 8.67. The van der Waals surface area contributed by atoms with Gasteiger partial charge in [-0.15, -0.1) is 0 Å². The smallest absolute Gasteiger partial charge is 0.122 e. The van der Waals surface area contributed by atoms with Crippen LogP contribution in [0.2, 0.25) is 0 Å². The van der Waals surface area contributed by atoms with Crippen LogP contribution in [0.1, 0.15) is 25.3 Å². The van der Waals surface area contributed by atoms with E-state index in [0.29, 0.717) is 12.0 Å². The summed E-state index contributed by atoms with van der Waals surface area (Å²) in [5.74, 6) is 1.46. The van der Waals surface area contributed by atoms with Crippen LogP contribution in [-0.2, 0) is 0 Å². The van der Waals surface area contributed by atoms with Crippen LogP contribution in [0.25, 0.3) is 0 Å². The van der Waals surface area contributed by atoms with E-state index < -0.39 is 0 Å². The standard InChI is InChI=1S/C14H19NO/c1-10(2)8-13(15-3)12-9-16-14-7-5-4-6-11(12)14/h4-8,12-13,15H,9H2,1-3H3.